The number of nitrogens with two attached hydrogens (primary N) is 1. The Balaban J connectivity index is 1.76. The van der Waals surface area contributed by atoms with Gasteiger partial charge in [0.25, 0.3) is 6.02 Å². The zero-order valence-electron chi connectivity index (χ0n) is 13.5. The molecule has 0 aliphatic carbocycles. The second kappa shape index (κ2) is 5.54. The lowest BCUT2D eigenvalue weighted by molar-refractivity contribution is 0.262. The molecule has 2 aromatic heterocycles. The van der Waals surface area contributed by atoms with Crippen molar-refractivity contribution in [1.29, 1.82) is 0 Å². The van der Waals surface area contributed by atoms with Gasteiger partial charge in [0.2, 0.25) is 5.88 Å². The molecule has 0 radical (unpaired) electrons. The predicted molar refractivity (Wildman–Crippen MR) is 100 cm³/mol. The molecule has 0 unspecified atom stereocenters. The van der Waals surface area contributed by atoms with E-state index >= 15 is 0 Å². The highest BCUT2D eigenvalue weighted by molar-refractivity contribution is 9.10. The zero-order chi connectivity index (χ0) is 17.7. The summed E-state index contributed by atoms with van der Waals surface area (Å²) in [5.74, 6) is 1.21. The average molecular weight is 409 g/mol. The van der Waals surface area contributed by atoms with Crippen LogP contribution in [0.2, 0.25) is 0 Å². The van der Waals surface area contributed by atoms with Crippen LogP contribution in [0.1, 0.15) is 11.1 Å². The Morgan fingerprint density at radius 2 is 2.00 bits per heavy atom. The van der Waals surface area contributed by atoms with Gasteiger partial charge in [0, 0.05) is 34.2 Å². The monoisotopic (exact) mass is 408 g/mol. The van der Waals surface area contributed by atoms with Crippen molar-refractivity contribution in [3.05, 3.63) is 70.6 Å². The van der Waals surface area contributed by atoms with Crippen LogP contribution in [-0.2, 0) is 10.3 Å². The molecule has 0 amide bonds. The van der Waals surface area contributed by atoms with Crippen LogP contribution in [0.3, 0.4) is 0 Å². The number of aromatic nitrogens is 2. The topological polar surface area (TPSA) is 82.6 Å². The molecule has 5 rings (SSSR count). The van der Waals surface area contributed by atoms with Gasteiger partial charge >= 0.3 is 0 Å². The fraction of sp³-hybridized carbons (Fsp3) is 0.105. The van der Waals surface area contributed by atoms with Crippen LogP contribution < -0.4 is 10.5 Å². The summed E-state index contributed by atoms with van der Waals surface area (Å²) in [7, 11) is 0. The normalized spacial score (nSPS) is 20.0. The van der Waals surface area contributed by atoms with E-state index < -0.39 is 5.54 Å². The Hall–Kier alpha value is -2.93. The molecule has 128 valence electrons. The Kier molecular flexibility index (Phi) is 3.27. The summed E-state index contributed by atoms with van der Waals surface area (Å²) in [6.45, 7) is 0.302. The number of benzene rings is 1. The molecule has 3 aromatic rings. The molecule has 0 saturated heterocycles. The predicted octanol–water partition coefficient (Wildman–Crippen LogP) is 3.60. The zero-order valence-corrected chi connectivity index (χ0v) is 15.1. The first kappa shape index (κ1) is 15.3. The van der Waals surface area contributed by atoms with Gasteiger partial charge in [-0.3, -0.25) is 4.98 Å². The number of rotatable bonds is 1. The van der Waals surface area contributed by atoms with E-state index in [1.54, 1.807) is 12.4 Å². The maximum absolute atomic E-state index is 6.03. The molecule has 1 aromatic carbocycles. The van der Waals surface area contributed by atoms with Crippen LogP contribution in [0.15, 0.2) is 64.5 Å². The Morgan fingerprint density at radius 3 is 2.77 bits per heavy atom. The minimum Gasteiger partial charge on any atom is -0.462 e. The number of fused-ring (bicyclic) bond motifs is 4. The van der Waals surface area contributed by atoms with Gasteiger partial charge < -0.3 is 15.2 Å². The van der Waals surface area contributed by atoms with Crippen molar-refractivity contribution < 1.29 is 9.47 Å². The first-order valence-electron chi connectivity index (χ1n) is 8.03. The van der Waals surface area contributed by atoms with Crippen molar-refractivity contribution in [2.24, 2.45) is 10.7 Å². The summed E-state index contributed by atoms with van der Waals surface area (Å²) in [5, 5.41) is 0. The van der Waals surface area contributed by atoms with Crippen LogP contribution in [0.4, 0.5) is 0 Å². The van der Waals surface area contributed by atoms with Crippen molar-refractivity contribution in [2.75, 3.05) is 6.61 Å². The Morgan fingerprint density at radius 1 is 1.08 bits per heavy atom. The van der Waals surface area contributed by atoms with Crippen LogP contribution in [0.5, 0.6) is 11.6 Å². The van der Waals surface area contributed by atoms with E-state index in [1.165, 1.54) is 0 Å². The number of ether oxygens (including phenoxy) is 2. The van der Waals surface area contributed by atoms with E-state index in [4.69, 9.17) is 15.2 Å². The summed E-state index contributed by atoms with van der Waals surface area (Å²) < 4.78 is 12.4. The number of hydrogen-bond acceptors (Lipinski definition) is 6. The molecule has 7 heteroatoms. The van der Waals surface area contributed by atoms with Gasteiger partial charge in [-0.15, -0.1) is 0 Å². The average Bonchev–Trinajstić information content (AvgIpc) is 3.06. The number of amidine groups is 1. The summed E-state index contributed by atoms with van der Waals surface area (Å²) in [6.07, 6.45) is 5.28. The quantitative estimate of drug-likeness (QED) is 0.664. The number of aliphatic imine (C=N–C) groups is 1. The second-order valence-corrected chi connectivity index (χ2v) is 7.08. The summed E-state index contributed by atoms with van der Waals surface area (Å²) in [4.78, 5) is 13.3. The molecule has 1 spiro atoms. The first-order chi connectivity index (χ1) is 12.7. The molecule has 1 atom stereocenters. The van der Waals surface area contributed by atoms with E-state index in [-0.39, 0.29) is 6.02 Å². The van der Waals surface area contributed by atoms with Gasteiger partial charge in [-0.2, -0.15) is 0 Å². The smallest absolute Gasteiger partial charge is 0.283 e. The molecule has 2 N–H and O–H groups in total. The van der Waals surface area contributed by atoms with Crippen LogP contribution in [0.25, 0.3) is 11.1 Å². The first-order valence-corrected chi connectivity index (χ1v) is 8.82. The molecule has 26 heavy (non-hydrogen) atoms. The van der Waals surface area contributed by atoms with E-state index in [0.717, 1.165) is 26.7 Å². The number of pyridine rings is 2. The minimum absolute atomic E-state index is 0.163. The third-order valence-electron chi connectivity index (χ3n) is 4.62. The summed E-state index contributed by atoms with van der Waals surface area (Å²) >= 11 is 3.48. The van der Waals surface area contributed by atoms with Gasteiger partial charge in [0.05, 0.1) is 5.56 Å². The third kappa shape index (κ3) is 2.20. The highest BCUT2D eigenvalue weighted by atomic mass is 79.9. The summed E-state index contributed by atoms with van der Waals surface area (Å²) in [6, 6.07) is 12.0. The van der Waals surface area contributed by atoms with Crippen molar-refractivity contribution in [1.82, 2.24) is 9.97 Å². The minimum atomic E-state index is -0.776. The number of nitrogens with zero attached hydrogens (tertiary/aromatic N) is 3. The molecule has 6 nitrogen and oxygen atoms in total. The highest BCUT2D eigenvalue weighted by Crippen LogP contribution is 2.51. The lowest BCUT2D eigenvalue weighted by Gasteiger charge is -2.33. The molecule has 0 bridgehead atoms. The maximum atomic E-state index is 6.03. The van der Waals surface area contributed by atoms with Crippen molar-refractivity contribution in [2.45, 2.75) is 5.54 Å². The van der Waals surface area contributed by atoms with Gasteiger partial charge in [0.1, 0.15) is 12.4 Å². The van der Waals surface area contributed by atoms with Crippen LogP contribution in [0, 0.1) is 0 Å². The number of hydrogen-bond donors (Lipinski definition) is 1. The van der Waals surface area contributed by atoms with E-state index in [2.05, 4.69) is 37.0 Å². The molecular formula is C19H13BrN4O2. The second-order valence-electron chi connectivity index (χ2n) is 6.16. The lowest BCUT2D eigenvalue weighted by atomic mass is 9.81. The molecule has 4 heterocycles. The largest absolute Gasteiger partial charge is 0.462 e. The fourth-order valence-corrected chi connectivity index (χ4v) is 3.75. The van der Waals surface area contributed by atoms with Gasteiger partial charge in [-0.1, -0.05) is 12.1 Å². The van der Waals surface area contributed by atoms with Gasteiger partial charge in [-0.25, -0.2) is 9.98 Å². The standard InChI is InChI=1S/C19H13BrN4O2/c20-13-7-15-17(23-9-13)26-16-4-3-11(12-2-1-5-22-8-12)6-14(16)19(15)10-25-18(21)24-19/h1-9H,10H2,(H2,21,24)/t19-/m1/s1. The van der Waals surface area contributed by atoms with Crippen molar-refractivity contribution in [3.8, 4) is 22.8 Å². The molecule has 2 aliphatic heterocycles. The van der Waals surface area contributed by atoms with Crippen molar-refractivity contribution in [3.63, 3.8) is 0 Å². The van der Waals surface area contributed by atoms with Crippen LogP contribution in [-0.4, -0.2) is 22.6 Å². The summed E-state index contributed by atoms with van der Waals surface area (Å²) in [5.41, 5.74) is 8.86. The van der Waals surface area contributed by atoms with Crippen molar-refractivity contribution >= 4 is 22.0 Å². The Bertz CT molecular complexity index is 1050. The maximum Gasteiger partial charge on any atom is 0.283 e. The third-order valence-corrected chi connectivity index (χ3v) is 5.05. The Labute approximate surface area is 157 Å². The highest BCUT2D eigenvalue weighted by Gasteiger charge is 2.47. The van der Waals surface area contributed by atoms with Gasteiger partial charge in [-0.05, 0) is 45.8 Å². The molecule has 0 saturated carbocycles. The molecule has 0 fully saturated rings. The van der Waals surface area contributed by atoms with Gasteiger partial charge in [0.15, 0.2) is 5.54 Å². The van der Waals surface area contributed by atoms with E-state index in [9.17, 15) is 0 Å². The lowest BCUT2D eigenvalue weighted by Crippen LogP contribution is -2.31. The SMILES string of the molecule is NC1=N[C@]2(CO1)c1cc(-c3cccnc3)ccc1Oc1ncc(Br)cc12. The van der Waals surface area contributed by atoms with E-state index in [1.807, 2.05) is 36.5 Å². The fourth-order valence-electron chi connectivity index (χ4n) is 3.42. The molecular weight excluding hydrogens is 396 g/mol. The van der Waals surface area contributed by atoms with E-state index in [0.29, 0.717) is 18.2 Å². The van der Waals surface area contributed by atoms with Crippen LogP contribution >= 0.6 is 15.9 Å². The molecule has 2 aliphatic rings. The number of halogens is 1.